The van der Waals surface area contributed by atoms with Crippen LogP contribution in [-0.2, 0) is 0 Å². The van der Waals surface area contributed by atoms with Gasteiger partial charge in [0.1, 0.15) is 0 Å². The minimum absolute atomic E-state index is 0.747. The molecule has 0 saturated heterocycles. The Bertz CT molecular complexity index is 160. The van der Waals surface area contributed by atoms with E-state index in [2.05, 4.69) is 15.9 Å². The van der Waals surface area contributed by atoms with Crippen molar-refractivity contribution < 1.29 is 0 Å². The number of nitriles is 1. The van der Waals surface area contributed by atoms with Gasteiger partial charge in [0.25, 0.3) is 0 Å². The Morgan fingerprint density at radius 1 is 2.00 bits per heavy atom. The molecular weight excluding hydrogens is 188 g/mol. The van der Waals surface area contributed by atoms with Crippen LogP contribution in [0, 0.1) is 11.5 Å². The molecule has 0 aromatic heterocycles. The molecule has 4 heteroatoms. The number of halogens is 1. The lowest BCUT2D eigenvalue weighted by Gasteiger charge is -1.95. The highest BCUT2D eigenvalue weighted by Gasteiger charge is 2.07. The van der Waals surface area contributed by atoms with Crippen molar-refractivity contribution in [2.24, 2.45) is 0 Å². The molecule has 0 aromatic rings. The van der Waals surface area contributed by atoms with E-state index in [0.717, 1.165) is 9.69 Å². The fraction of sp³-hybridized carbons (Fsp3) is 0.250. The Labute approximate surface area is 60.3 Å². The first-order chi connectivity index (χ1) is 3.83. The molecule has 1 aliphatic heterocycles. The molecule has 1 rings (SSSR count). The summed E-state index contributed by atoms with van der Waals surface area (Å²) >= 11 is 4.86. The Morgan fingerprint density at radius 2 is 2.75 bits per heavy atom. The van der Waals surface area contributed by atoms with Gasteiger partial charge in [0.15, 0.2) is 6.19 Å². The predicted octanol–water partition coefficient (Wildman–Crippen LogP) is 1.67. The first-order valence-corrected chi connectivity index (χ1v) is 3.77. The summed E-state index contributed by atoms with van der Waals surface area (Å²) in [6.07, 6.45) is 3.77. The largest absolute Gasteiger partial charge is 0.275 e. The first kappa shape index (κ1) is 5.99. The van der Waals surface area contributed by atoms with Gasteiger partial charge >= 0.3 is 0 Å². The maximum absolute atomic E-state index is 8.28. The highest BCUT2D eigenvalue weighted by molar-refractivity contribution is 9.14. The summed E-state index contributed by atoms with van der Waals surface area (Å²) in [5, 5.41) is 8.28. The summed E-state index contributed by atoms with van der Waals surface area (Å²) in [5.74, 6) is 0.747. The van der Waals surface area contributed by atoms with Gasteiger partial charge in [-0.25, -0.2) is 0 Å². The van der Waals surface area contributed by atoms with E-state index in [1.54, 1.807) is 22.9 Å². The van der Waals surface area contributed by atoms with Crippen molar-refractivity contribution in [3.63, 3.8) is 0 Å². The van der Waals surface area contributed by atoms with Gasteiger partial charge < -0.3 is 0 Å². The minimum atomic E-state index is 0.747. The molecule has 0 bridgehead atoms. The SMILES string of the molecule is N#CN1C=C(Br)SC1. The van der Waals surface area contributed by atoms with Crippen LogP contribution in [0.2, 0.25) is 0 Å². The standard InChI is InChI=1S/C4H3BrN2S/c5-4-1-7(2-6)3-8-4/h1H,3H2. The Morgan fingerprint density at radius 3 is 3.00 bits per heavy atom. The molecule has 0 saturated carbocycles. The molecule has 0 atom stereocenters. The molecular formula is C4H3BrN2S. The molecule has 0 aromatic carbocycles. The van der Waals surface area contributed by atoms with Gasteiger partial charge in [0, 0.05) is 6.20 Å². The number of thioether (sulfide) groups is 1. The third-order valence-corrected chi connectivity index (χ3v) is 2.41. The number of nitrogens with zero attached hydrogens (tertiary/aromatic N) is 2. The fourth-order valence-electron chi connectivity index (χ4n) is 0.386. The van der Waals surface area contributed by atoms with Crippen molar-refractivity contribution in [3.05, 3.63) is 10.0 Å². The summed E-state index contributed by atoms with van der Waals surface area (Å²) in [6, 6.07) is 0. The molecule has 0 unspecified atom stereocenters. The molecule has 0 N–H and O–H groups in total. The summed E-state index contributed by atoms with van der Waals surface area (Å²) in [5.41, 5.74) is 0. The summed E-state index contributed by atoms with van der Waals surface area (Å²) in [7, 11) is 0. The van der Waals surface area contributed by atoms with Crippen molar-refractivity contribution in [1.29, 1.82) is 5.26 Å². The van der Waals surface area contributed by atoms with Crippen LogP contribution in [-0.4, -0.2) is 10.8 Å². The van der Waals surface area contributed by atoms with Gasteiger partial charge in [-0.2, -0.15) is 5.26 Å². The second-order valence-electron chi connectivity index (χ2n) is 1.28. The van der Waals surface area contributed by atoms with E-state index in [-0.39, 0.29) is 0 Å². The summed E-state index contributed by atoms with van der Waals surface area (Å²) < 4.78 is 1.03. The average molecular weight is 191 g/mol. The molecule has 42 valence electrons. The van der Waals surface area contributed by atoms with Crippen LogP contribution in [0.25, 0.3) is 0 Å². The van der Waals surface area contributed by atoms with Crippen molar-refractivity contribution in [2.75, 3.05) is 5.88 Å². The Balaban J connectivity index is 2.57. The van der Waals surface area contributed by atoms with E-state index in [9.17, 15) is 0 Å². The van der Waals surface area contributed by atoms with E-state index in [1.165, 1.54) is 0 Å². The number of hydrogen-bond acceptors (Lipinski definition) is 3. The molecule has 0 radical (unpaired) electrons. The van der Waals surface area contributed by atoms with Crippen molar-refractivity contribution in [3.8, 4) is 6.19 Å². The van der Waals surface area contributed by atoms with Crippen LogP contribution >= 0.6 is 27.7 Å². The van der Waals surface area contributed by atoms with Gasteiger partial charge in [-0.1, -0.05) is 11.8 Å². The molecule has 8 heavy (non-hydrogen) atoms. The maximum atomic E-state index is 8.28. The smallest absolute Gasteiger partial charge is 0.184 e. The lowest BCUT2D eigenvalue weighted by Crippen LogP contribution is -2.02. The third-order valence-electron chi connectivity index (χ3n) is 0.727. The van der Waals surface area contributed by atoms with Crippen molar-refractivity contribution >= 4 is 27.7 Å². The monoisotopic (exact) mass is 190 g/mol. The molecule has 0 aliphatic carbocycles. The molecule has 0 fully saturated rings. The van der Waals surface area contributed by atoms with Gasteiger partial charge in [-0.15, -0.1) is 0 Å². The topological polar surface area (TPSA) is 27.0 Å². The second-order valence-corrected chi connectivity index (χ2v) is 3.64. The molecule has 1 aliphatic rings. The quantitative estimate of drug-likeness (QED) is 0.545. The normalized spacial score (nSPS) is 18.0. The van der Waals surface area contributed by atoms with Crippen molar-refractivity contribution in [2.45, 2.75) is 0 Å². The lowest BCUT2D eigenvalue weighted by molar-refractivity contribution is 0.635. The summed E-state index contributed by atoms with van der Waals surface area (Å²) in [4.78, 5) is 1.56. The Kier molecular flexibility index (Phi) is 1.81. The highest BCUT2D eigenvalue weighted by atomic mass is 79.9. The fourth-order valence-corrected chi connectivity index (χ4v) is 1.54. The van der Waals surface area contributed by atoms with E-state index in [0.29, 0.717) is 0 Å². The number of hydrogen-bond donors (Lipinski definition) is 0. The van der Waals surface area contributed by atoms with E-state index >= 15 is 0 Å². The Hall–Kier alpha value is -0.140. The van der Waals surface area contributed by atoms with Crippen LogP contribution in [0.4, 0.5) is 0 Å². The van der Waals surface area contributed by atoms with Gasteiger partial charge in [-0.3, -0.25) is 4.90 Å². The number of rotatable bonds is 0. The molecule has 2 nitrogen and oxygen atoms in total. The van der Waals surface area contributed by atoms with Crippen LogP contribution < -0.4 is 0 Å². The third kappa shape index (κ3) is 1.17. The first-order valence-electron chi connectivity index (χ1n) is 1.99. The minimum Gasteiger partial charge on any atom is -0.275 e. The zero-order valence-corrected chi connectivity index (χ0v) is 6.37. The summed E-state index contributed by atoms with van der Waals surface area (Å²) in [6.45, 7) is 0. The second kappa shape index (κ2) is 2.42. The molecule has 0 amide bonds. The van der Waals surface area contributed by atoms with Crippen LogP contribution in [0.1, 0.15) is 0 Å². The maximum Gasteiger partial charge on any atom is 0.184 e. The van der Waals surface area contributed by atoms with Gasteiger partial charge in [0.2, 0.25) is 0 Å². The molecule has 1 heterocycles. The molecule has 0 spiro atoms. The van der Waals surface area contributed by atoms with E-state index in [4.69, 9.17) is 5.26 Å². The zero-order chi connectivity index (χ0) is 5.98. The van der Waals surface area contributed by atoms with Crippen molar-refractivity contribution in [1.82, 2.24) is 4.90 Å². The van der Waals surface area contributed by atoms with Gasteiger partial charge in [0.05, 0.1) is 9.69 Å². The highest BCUT2D eigenvalue weighted by Crippen LogP contribution is 2.29. The average Bonchev–Trinajstić information content (AvgIpc) is 2.14. The van der Waals surface area contributed by atoms with Gasteiger partial charge in [-0.05, 0) is 15.9 Å². The predicted molar refractivity (Wildman–Crippen MR) is 36.9 cm³/mol. The van der Waals surface area contributed by atoms with Crippen LogP contribution in [0.15, 0.2) is 10.0 Å². The van der Waals surface area contributed by atoms with E-state index in [1.807, 2.05) is 6.19 Å². The van der Waals surface area contributed by atoms with Crippen LogP contribution in [0.5, 0.6) is 0 Å². The van der Waals surface area contributed by atoms with Crippen LogP contribution in [0.3, 0.4) is 0 Å². The lowest BCUT2D eigenvalue weighted by atomic mass is 10.8. The zero-order valence-electron chi connectivity index (χ0n) is 3.97. The van der Waals surface area contributed by atoms with E-state index < -0.39 is 0 Å².